The van der Waals surface area contributed by atoms with Gasteiger partial charge in [-0.05, 0) is 48.2 Å². The number of aromatic hydroxyl groups is 1. The van der Waals surface area contributed by atoms with E-state index in [2.05, 4.69) is 15.4 Å². The molecule has 126 valence electrons. The first-order valence-corrected chi connectivity index (χ1v) is 8.86. The van der Waals surface area contributed by atoms with Gasteiger partial charge in [-0.1, -0.05) is 19.1 Å². The van der Waals surface area contributed by atoms with Crippen LogP contribution in [0.5, 0.6) is 5.75 Å². The minimum absolute atomic E-state index is 0.00304. The van der Waals surface area contributed by atoms with Crippen LogP contribution in [0.15, 0.2) is 47.4 Å². The normalized spacial score (nSPS) is 13.2. The second kappa shape index (κ2) is 6.58. The lowest BCUT2D eigenvalue weighted by atomic mass is 9.97. The van der Waals surface area contributed by atoms with Crippen molar-refractivity contribution in [3.05, 3.63) is 48.0 Å². The first-order chi connectivity index (χ1) is 11.5. The highest BCUT2D eigenvalue weighted by Crippen LogP contribution is 2.26. The molecule has 1 aromatic heterocycles. The molecule has 0 fully saturated rings. The number of phenols is 1. The second-order valence-electron chi connectivity index (χ2n) is 5.50. The van der Waals surface area contributed by atoms with Gasteiger partial charge >= 0.3 is 0 Å². The van der Waals surface area contributed by atoms with Gasteiger partial charge in [0, 0.05) is 0 Å². The molecule has 2 N–H and O–H groups in total. The number of para-hydroxylation sites is 1. The Balaban J connectivity index is 1.65. The van der Waals surface area contributed by atoms with Crippen molar-refractivity contribution in [2.24, 2.45) is 0 Å². The number of benzene rings is 2. The van der Waals surface area contributed by atoms with E-state index < -0.39 is 10.1 Å². The Labute approximate surface area is 139 Å². The predicted molar refractivity (Wildman–Crippen MR) is 88.2 cm³/mol. The molecule has 0 aliphatic rings. The van der Waals surface area contributed by atoms with Gasteiger partial charge in [-0.15, -0.1) is 0 Å². The summed E-state index contributed by atoms with van der Waals surface area (Å²) >= 11 is 0. The van der Waals surface area contributed by atoms with Crippen LogP contribution in [0, 0.1) is 0 Å². The lowest BCUT2D eigenvalue weighted by Crippen LogP contribution is -2.09. The summed E-state index contributed by atoms with van der Waals surface area (Å²) in [7, 11) is -3.83. The van der Waals surface area contributed by atoms with E-state index in [1.807, 2.05) is 25.1 Å². The Morgan fingerprint density at radius 3 is 2.67 bits per heavy atom. The third kappa shape index (κ3) is 3.39. The van der Waals surface area contributed by atoms with Crippen molar-refractivity contribution < 1.29 is 17.7 Å². The summed E-state index contributed by atoms with van der Waals surface area (Å²) in [6.07, 6.45) is 0.517. The standard InChI is InChI=1S/C16H17N3O4S/c1-11(14-3-2-4-15-16(14)18-19-17-15)9-10-23-24(21,22)13-7-5-12(20)6-8-13/h2-8,11,20H,9-10H2,1H3,(H,17,18,19). The summed E-state index contributed by atoms with van der Waals surface area (Å²) < 4.78 is 29.3. The molecule has 1 atom stereocenters. The number of hydrogen-bond donors (Lipinski definition) is 2. The fraction of sp³-hybridized carbons (Fsp3) is 0.250. The van der Waals surface area contributed by atoms with Gasteiger partial charge in [0.25, 0.3) is 10.1 Å². The van der Waals surface area contributed by atoms with Crippen LogP contribution in [-0.4, -0.2) is 35.5 Å². The summed E-state index contributed by atoms with van der Waals surface area (Å²) in [4.78, 5) is 0.0200. The van der Waals surface area contributed by atoms with E-state index in [9.17, 15) is 13.5 Å². The highest BCUT2D eigenvalue weighted by Gasteiger charge is 2.17. The molecule has 0 amide bonds. The molecule has 2 aromatic carbocycles. The predicted octanol–water partition coefficient (Wildman–Crippen LogP) is 2.56. The van der Waals surface area contributed by atoms with Crippen molar-refractivity contribution in [3.8, 4) is 5.75 Å². The lowest BCUT2D eigenvalue weighted by molar-refractivity contribution is 0.303. The second-order valence-corrected chi connectivity index (χ2v) is 7.11. The molecule has 1 unspecified atom stereocenters. The number of aromatic amines is 1. The zero-order valence-electron chi connectivity index (χ0n) is 13.0. The summed E-state index contributed by atoms with van der Waals surface area (Å²) in [6, 6.07) is 10.9. The largest absolute Gasteiger partial charge is 0.508 e. The monoisotopic (exact) mass is 347 g/mol. The summed E-state index contributed by atoms with van der Waals surface area (Å²) in [6.45, 7) is 2.04. The van der Waals surface area contributed by atoms with Crippen molar-refractivity contribution in [3.63, 3.8) is 0 Å². The van der Waals surface area contributed by atoms with E-state index >= 15 is 0 Å². The van der Waals surface area contributed by atoms with E-state index in [1.54, 1.807) is 0 Å². The third-order valence-corrected chi connectivity index (χ3v) is 5.15. The molecule has 0 radical (unpaired) electrons. The minimum atomic E-state index is -3.83. The number of fused-ring (bicyclic) bond motifs is 1. The maximum atomic E-state index is 12.1. The first-order valence-electron chi connectivity index (χ1n) is 7.45. The van der Waals surface area contributed by atoms with Gasteiger partial charge in [0.2, 0.25) is 0 Å². The van der Waals surface area contributed by atoms with Gasteiger partial charge in [-0.3, -0.25) is 4.18 Å². The number of nitrogens with zero attached hydrogens (tertiary/aromatic N) is 2. The molecule has 0 spiro atoms. The number of phenolic OH excluding ortho intramolecular Hbond substituents is 1. The van der Waals surface area contributed by atoms with Gasteiger partial charge in [0.15, 0.2) is 0 Å². The zero-order valence-corrected chi connectivity index (χ0v) is 13.8. The molecule has 7 nitrogen and oxygen atoms in total. The number of H-pyrrole nitrogens is 1. The average molecular weight is 347 g/mol. The summed E-state index contributed by atoms with van der Waals surface area (Å²) in [5.41, 5.74) is 2.55. The Bertz CT molecular complexity index is 935. The number of aromatic nitrogens is 3. The van der Waals surface area contributed by atoms with E-state index in [0.717, 1.165) is 16.6 Å². The van der Waals surface area contributed by atoms with Crippen molar-refractivity contribution in [1.82, 2.24) is 15.4 Å². The van der Waals surface area contributed by atoms with Crippen LogP contribution in [0.1, 0.15) is 24.8 Å². The molecule has 1 heterocycles. The molecule has 0 saturated heterocycles. The molecular weight excluding hydrogens is 330 g/mol. The molecule has 0 bridgehead atoms. The van der Waals surface area contributed by atoms with Crippen LogP contribution in [0.3, 0.4) is 0 Å². The first kappa shape index (κ1) is 16.4. The Hall–Kier alpha value is -2.45. The van der Waals surface area contributed by atoms with Gasteiger partial charge in [0.1, 0.15) is 16.8 Å². The lowest BCUT2D eigenvalue weighted by Gasteiger charge is -2.12. The maximum absolute atomic E-state index is 12.1. The van der Waals surface area contributed by atoms with E-state index in [1.165, 1.54) is 24.3 Å². The smallest absolute Gasteiger partial charge is 0.296 e. The van der Waals surface area contributed by atoms with E-state index in [4.69, 9.17) is 4.18 Å². The summed E-state index contributed by atoms with van der Waals surface area (Å²) in [5.74, 6) is 0.0668. The van der Waals surface area contributed by atoms with Crippen molar-refractivity contribution >= 4 is 21.2 Å². The molecule has 0 aliphatic carbocycles. The SMILES string of the molecule is CC(CCOS(=O)(=O)c1ccc(O)cc1)c1cccc2n[nH]nc12. The van der Waals surface area contributed by atoms with Gasteiger partial charge in [-0.25, -0.2) is 0 Å². The Kier molecular flexibility index (Phi) is 4.50. The summed E-state index contributed by atoms with van der Waals surface area (Å²) in [5, 5.41) is 20.0. The Morgan fingerprint density at radius 1 is 1.17 bits per heavy atom. The van der Waals surface area contributed by atoms with Crippen LogP contribution >= 0.6 is 0 Å². The van der Waals surface area contributed by atoms with Crippen molar-refractivity contribution in [2.75, 3.05) is 6.61 Å². The van der Waals surface area contributed by atoms with Crippen molar-refractivity contribution in [2.45, 2.75) is 24.2 Å². The quantitative estimate of drug-likeness (QED) is 0.664. The molecular formula is C16H17N3O4S. The minimum Gasteiger partial charge on any atom is -0.508 e. The highest BCUT2D eigenvalue weighted by molar-refractivity contribution is 7.86. The topological polar surface area (TPSA) is 105 Å². The highest BCUT2D eigenvalue weighted by atomic mass is 32.2. The number of nitrogens with one attached hydrogen (secondary N) is 1. The van der Waals surface area contributed by atoms with Crippen LogP contribution < -0.4 is 0 Å². The third-order valence-electron chi connectivity index (χ3n) is 3.82. The van der Waals surface area contributed by atoms with Crippen LogP contribution in [-0.2, 0) is 14.3 Å². The van der Waals surface area contributed by atoms with E-state index in [-0.39, 0.29) is 23.2 Å². The molecule has 8 heteroatoms. The van der Waals surface area contributed by atoms with Crippen LogP contribution in [0.4, 0.5) is 0 Å². The fourth-order valence-electron chi connectivity index (χ4n) is 2.46. The molecule has 0 saturated carbocycles. The van der Waals surface area contributed by atoms with Crippen molar-refractivity contribution in [1.29, 1.82) is 0 Å². The van der Waals surface area contributed by atoms with E-state index in [0.29, 0.717) is 6.42 Å². The number of hydrogen-bond acceptors (Lipinski definition) is 6. The van der Waals surface area contributed by atoms with Gasteiger partial charge in [-0.2, -0.15) is 23.8 Å². The van der Waals surface area contributed by atoms with Gasteiger partial charge < -0.3 is 5.11 Å². The average Bonchev–Trinajstić information content (AvgIpc) is 3.03. The molecule has 24 heavy (non-hydrogen) atoms. The fourth-order valence-corrected chi connectivity index (χ4v) is 3.38. The number of rotatable bonds is 6. The molecule has 3 rings (SSSR count). The molecule has 0 aliphatic heterocycles. The van der Waals surface area contributed by atoms with Crippen LogP contribution in [0.2, 0.25) is 0 Å². The zero-order chi connectivity index (χ0) is 17.2. The van der Waals surface area contributed by atoms with Gasteiger partial charge in [0.05, 0.1) is 11.5 Å². The maximum Gasteiger partial charge on any atom is 0.296 e. The Morgan fingerprint density at radius 2 is 1.92 bits per heavy atom. The van der Waals surface area contributed by atoms with Crippen LogP contribution in [0.25, 0.3) is 11.0 Å². The molecule has 3 aromatic rings.